The normalized spacial score (nSPS) is 15.4. The van der Waals surface area contributed by atoms with Crippen molar-refractivity contribution < 1.29 is 9.59 Å². The number of nitrogens with two attached hydrogens (primary N) is 1. The maximum Gasteiger partial charge on any atom is 0.255 e. The van der Waals surface area contributed by atoms with E-state index in [1.54, 1.807) is 12.4 Å². The molecule has 0 bridgehead atoms. The summed E-state index contributed by atoms with van der Waals surface area (Å²) in [7, 11) is 0. The minimum atomic E-state index is -0.232. The van der Waals surface area contributed by atoms with Crippen LogP contribution in [0.2, 0.25) is 0 Å². The van der Waals surface area contributed by atoms with E-state index in [1.165, 1.54) is 0 Å². The van der Waals surface area contributed by atoms with Crippen LogP contribution in [0.1, 0.15) is 55.2 Å². The molecule has 156 valence electrons. The number of rotatable bonds is 5. The molecule has 0 aliphatic carbocycles. The Kier molecular flexibility index (Phi) is 5.91. The average Bonchev–Trinajstić information content (AvgIpc) is 3.09. The molecule has 0 aromatic carbocycles. The van der Waals surface area contributed by atoms with Gasteiger partial charge in [0, 0.05) is 43.5 Å². The molecule has 3 rings (SSSR count). The molecule has 3 N–H and O–H groups in total. The molecule has 2 aromatic rings. The van der Waals surface area contributed by atoms with E-state index in [2.05, 4.69) is 20.3 Å². The first kappa shape index (κ1) is 20.8. The number of aryl methyl sites for hydroxylation is 1. The zero-order valence-electron chi connectivity index (χ0n) is 17.6. The molecular formula is C21H30N6O2. The highest BCUT2D eigenvalue weighted by Crippen LogP contribution is 2.24. The number of nitrogens with zero attached hydrogens (tertiary/aromatic N) is 4. The van der Waals surface area contributed by atoms with Crippen LogP contribution in [0.25, 0.3) is 0 Å². The molecule has 0 unspecified atom stereocenters. The molecule has 29 heavy (non-hydrogen) atoms. The SMILES string of the molecule is Cc1nn(C(C)(C)C)cc1C(=O)NCc1cccnc1N1CCC(C(N)=O)CC1. The monoisotopic (exact) mass is 398 g/mol. The largest absolute Gasteiger partial charge is 0.369 e. The van der Waals surface area contributed by atoms with Crippen molar-refractivity contribution in [1.82, 2.24) is 20.1 Å². The van der Waals surface area contributed by atoms with Gasteiger partial charge in [-0.05, 0) is 46.6 Å². The van der Waals surface area contributed by atoms with Crippen molar-refractivity contribution in [3.05, 3.63) is 41.3 Å². The Hall–Kier alpha value is -2.90. The summed E-state index contributed by atoms with van der Waals surface area (Å²) >= 11 is 0. The van der Waals surface area contributed by atoms with E-state index in [0.29, 0.717) is 17.8 Å². The third-order valence-electron chi connectivity index (χ3n) is 5.33. The molecule has 1 saturated heterocycles. The lowest BCUT2D eigenvalue weighted by molar-refractivity contribution is -0.122. The number of pyridine rings is 1. The van der Waals surface area contributed by atoms with Crippen LogP contribution < -0.4 is 16.0 Å². The van der Waals surface area contributed by atoms with Crippen molar-refractivity contribution in [3.8, 4) is 0 Å². The molecule has 1 fully saturated rings. The van der Waals surface area contributed by atoms with Crippen molar-refractivity contribution in [2.45, 2.75) is 52.6 Å². The van der Waals surface area contributed by atoms with Crippen LogP contribution >= 0.6 is 0 Å². The Labute approximate surface area is 171 Å². The van der Waals surface area contributed by atoms with E-state index in [9.17, 15) is 9.59 Å². The molecule has 1 aliphatic rings. The Morgan fingerprint density at radius 3 is 2.55 bits per heavy atom. The maximum atomic E-state index is 12.7. The Bertz CT molecular complexity index is 891. The number of carbonyl (C=O) groups is 2. The number of piperidine rings is 1. The molecule has 0 radical (unpaired) electrons. The van der Waals surface area contributed by atoms with Gasteiger partial charge in [0.1, 0.15) is 5.82 Å². The van der Waals surface area contributed by atoms with Gasteiger partial charge < -0.3 is 16.0 Å². The minimum absolute atomic E-state index is 0.0690. The van der Waals surface area contributed by atoms with Gasteiger partial charge in [-0.25, -0.2) is 4.98 Å². The second-order valence-electron chi connectivity index (χ2n) is 8.58. The van der Waals surface area contributed by atoms with Gasteiger partial charge in [0.15, 0.2) is 0 Å². The lowest BCUT2D eigenvalue weighted by Crippen LogP contribution is -2.39. The molecule has 8 nitrogen and oxygen atoms in total. The summed E-state index contributed by atoms with van der Waals surface area (Å²) in [5.41, 5.74) is 7.47. The first-order valence-electron chi connectivity index (χ1n) is 10.00. The average molecular weight is 399 g/mol. The van der Waals surface area contributed by atoms with Crippen LogP contribution in [-0.2, 0) is 16.9 Å². The van der Waals surface area contributed by atoms with Crippen molar-refractivity contribution in [3.63, 3.8) is 0 Å². The Morgan fingerprint density at radius 2 is 1.97 bits per heavy atom. The van der Waals surface area contributed by atoms with E-state index < -0.39 is 0 Å². The summed E-state index contributed by atoms with van der Waals surface area (Å²) in [6.07, 6.45) is 4.99. The third-order valence-corrected chi connectivity index (χ3v) is 5.33. The number of nitrogens with one attached hydrogen (secondary N) is 1. The lowest BCUT2D eigenvalue weighted by atomic mass is 9.96. The zero-order chi connectivity index (χ0) is 21.2. The third kappa shape index (κ3) is 4.75. The fourth-order valence-corrected chi connectivity index (χ4v) is 3.53. The standard InChI is InChI=1S/C21H30N6O2/c1-14-17(13-27(25-14)21(2,3)4)20(29)24-12-16-6-5-9-23-19(16)26-10-7-15(8-11-26)18(22)28/h5-6,9,13,15H,7-8,10-12H2,1-4H3,(H2,22,28)(H,24,29). The molecule has 2 amide bonds. The highest BCUT2D eigenvalue weighted by molar-refractivity contribution is 5.95. The summed E-state index contributed by atoms with van der Waals surface area (Å²) in [6.45, 7) is 9.80. The zero-order valence-corrected chi connectivity index (χ0v) is 17.6. The van der Waals surface area contributed by atoms with Gasteiger partial charge in [0.2, 0.25) is 5.91 Å². The van der Waals surface area contributed by atoms with E-state index in [-0.39, 0.29) is 23.3 Å². The minimum Gasteiger partial charge on any atom is -0.369 e. The van der Waals surface area contributed by atoms with Crippen molar-refractivity contribution >= 4 is 17.6 Å². The summed E-state index contributed by atoms with van der Waals surface area (Å²) in [5.74, 6) is 0.392. The van der Waals surface area contributed by atoms with Crippen molar-refractivity contribution in [1.29, 1.82) is 0 Å². The summed E-state index contributed by atoms with van der Waals surface area (Å²) < 4.78 is 1.82. The molecule has 0 saturated carbocycles. The van der Waals surface area contributed by atoms with E-state index in [4.69, 9.17) is 5.73 Å². The maximum absolute atomic E-state index is 12.7. The number of amides is 2. The summed E-state index contributed by atoms with van der Waals surface area (Å²) in [6, 6.07) is 3.83. The Balaban J connectivity index is 1.68. The Morgan fingerprint density at radius 1 is 1.28 bits per heavy atom. The van der Waals surface area contributed by atoms with Gasteiger partial charge in [-0.2, -0.15) is 5.10 Å². The highest BCUT2D eigenvalue weighted by atomic mass is 16.2. The number of carbonyl (C=O) groups excluding carboxylic acids is 2. The van der Waals surface area contributed by atoms with E-state index in [1.807, 2.05) is 44.5 Å². The number of anilines is 1. The molecule has 2 aromatic heterocycles. The van der Waals surface area contributed by atoms with Gasteiger partial charge in [-0.15, -0.1) is 0 Å². The van der Waals surface area contributed by atoms with Gasteiger partial charge >= 0.3 is 0 Å². The number of primary amides is 1. The second kappa shape index (κ2) is 8.23. The van der Waals surface area contributed by atoms with Crippen LogP contribution in [0.3, 0.4) is 0 Å². The molecular weight excluding hydrogens is 368 g/mol. The molecule has 8 heteroatoms. The van der Waals surface area contributed by atoms with E-state index >= 15 is 0 Å². The number of hydrogen-bond donors (Lipinski definition) is 2. The van der Waals surface area contributed by atoms with Crippen LogP contribution in [0.4, 0.5) is 5.82 Å². The van der Waals surface area contributed by atoms with Gasteiger partial charge in [0.05, 0.1) is 16.8 Å². The smallest absolute Gasteiger partial charge is 0.255 e. The predicted molar refractivity (Wildman–Crippen MR) is 111 cm³/mol. The lowest BCUT2D eigenvalue weighted by Gasteiger charge is -2.32. The molecule has 1 aliphatic heterocycles. The first-order valence-corrected chi connectivity index (χ1v) is 10.00. The molecule has 3 heterocycles. The van der Waals surface area contributed by atoms with Gasteiger partial charge in [-0.3, -0.25) is 14.3 Å². The second-order valence-corrected chi connectivity index (χ2v) is 8.58. The van der Waals surface area contributed by atoms with Crippen LogP contribution in [0.5, 0.6) is 0 Å². The van der Waals surface area contributed by atoms with Gasteiger partial charge in [-0.1, -0.05) is 6.07 Å². The fourth-order valence-electron chi connectivity index (χ4n) is 3.53. The topological polar surface area (TPSA) is 106 Å². The molecule has 0 atom stereocenters. The van der Waals surface area contributed by atoms with Crippen LogP contribution in [0, 0.1) is 12.8 Å². The van der Waals surface area contributed by atoms with E-state index in [0.717, 1.165) is 37.3 Å². The van der Waals surface area contributed by atoms with Crippen molar-refractivity contribution in [2.75, 3.05) is 18.0 Å². The highest BCUT2D eigenvalue weighted by Gasteiger charge is 2.25. The number of hydrogen-bond acceptors (Lipinski definition) is 5. The predicted octanol–water partition coefficient (Wildman–Crippen LogP) is 1.97. The first-order chi connectivity index (χ1) is 13.7. The van der Waals surface area contributed by atoms with Crippen LogP contribution in [0.15, 0.2) is 24.5 Å². The van der Waals surface area contributed by atoms with Gasteiger partial charge in [0.25, 0.3) is 5.91 Å². The fraction of sp³-hybridized carbons (Fsp3) is 0.524. The number of aromatic nitrogens is 3. The summed E-state index contributed by atoms with van der Waals surface area (Å²) in [5, 5.41) is 7.46. The summed E-state index contributed by atoms with van der Waals surface area (Å²) in [4.78, 5) is 30.8. The van der Waals surface area contributed by atoms with Crippen LogP contribution in [-0.4, -0.2) is 39.7 Å². The molecule has 0 spiro atoms. The quantitative estimate of drug-likeness (QED) is 0.801. The van der Waals surface area contributed by atoms with Crippen molar-refractivity contribution in [2.24, 2.45) is 11.7 Å².